The van der Waals surface area contributed by atoms with Gasteiger partial charge < -0.3 is 14.8 Å². The molecule has 0 aliphatic rings. The van der Waals surface area contributed by atoms with Gasteiger partial charge in [0.25, 0.3) is 5.91 Å². The SMILES string of the molecule is O=C(COC(=O)c1cccc(OC(F)F)c1)Nc1ccccc1. The van der Waals surface area contributed by atoms with Gasteiger partial charge in [0.1, 0.15) is 5.75 Å². The fourth-order valence-corrected chi connectivity index (χ4v) is 1.73. The van der Waals surface area contributed by atoms with Crippen LogP contribution in [0, 0.1) is 0 Å². The zero-order chi connectivity index (χ0) is 16.7. The predicted molar refractivity (Wildman–Crippen MR) is 78.4 cm³/mol. The van der Waals surface area contributed by atoms with Gasteiger partial charge in [0.05, 0.1) is 5.56 Å². The number of rotatable bonds is 6. The molecular weight excluding hydrogens is 308 g/mol. The number of hydrogen-bond donors (Lipinski definition) is 1. The zero-order valence-electron chi connectivity index (χ0n) is 11.9. The topological polar surface area (TPSA) is 64.6 Å². The number of ether oxygens (including phenoxy) is 2. The highest BCUT2D eigenvalue weighted by Gasteiger charge is 2.12. The Hall–Kier alpha value is -2.96. The Labute approximate surface area is 130 Å². The summed E-state index contributed by atoms with van der Waals surface area (Å²) in [4.78, 5) is 23.4. The molecule has 0 aromatic heterocycles. The van der Waals surface area contributed by atoms with E-state index in [0.717, 1.165) is 6.07 Å². The quantitative estimate of drug-likeness (QED) is 0.831. The second-order valence-corrected chi connectivity index (χ2v) is 4.40. The number of hydrogen-bond acceptors (Lipinski definition) is 4. The van der Waals surface area contributed by atoms with Crippen LogP contribution in [0.4, 0.5) is 14.5 Å². The van der Waals surface area contributed by atoms with E-state index in [0.29, 0.717) is 5.69 Å². The van der Waals surface area contributed by atoms with Crippen molar-refractivity contribution in [3.05, 3.63) is 60.2 Å². The molecule has 2 aromatic rings. The number of alkyl halides is 2. The first-order valence-electron chi connectivity index (χ1n) is 6.61. The summed E-state index contributed by atoms with van der Waals surface area (Å²) in [5, 5.41) is 2.55. The number of halogens is 2. The average molecular weight is 321 g/mol. The lowest BCUT2D eigenvalue weighted by Gasteiger charge is -2.08. The van der Waals surface area contributed by atoms with Gasteiger partial charge in [0, 0.05) is 5.69 Å². The molecule has 1 amide bonds. The highest BCUT2D eigenvalue weighted by Crippen LogP contribution is 2.16. The Morgan fingerprint density at radius 3 is 2.48 bits per heavy atom. The normalized spacial score (nSPS) is 10.2. The van der Waals surface area contributed by atoms with E-state index in [-0.39, 0.29) is 11.3 Å². The van der Waals surface area contributed by atoms with Gasteiger partial charge in [-0.25, -0.2) is 4.79 Å². The highest BCUT2D eigenvalue weighted by molar-refractivity contribution is 5.95. The number of para-hydroxylation sites is 1. The van der Waals surface area contributed by atoms with E-state index < -0.39 is 25.1 Å². The molecule has 0 spiro atoms. The van der Waals surface area contributed by atoms with Crippen molar-refractivity contribution in [2.75, 3.05) is 11.9 Å². The van der Waals surface area contributed by atoms with Crippen molar-refractivity contribution in [3.8, 4) is 5.75 Å². The monoisotopic (exact) mass is 321 g/mol. The first-order valence-corrected chi connectivity index (χ1v) is 6.61. The number of anilines is 1. The van der Waals surface area contributed by atoms with Gasteiger partial charge in [-0.1, -0.05) is 24.3 Å². The molecule has 0 heterocycles. The fraction of sp³-hybridized carbons (Fsp3) is 0.125. The third-order valence-electron chi connectivity index (χ3n) is 2.69. The lowest BCUT2D eigenvalue weighted by molar-refractivity contribution is -0.119. The van der Waals surface area contributed by atoms with Crippen molar-refractivity contribution in [1.29, 1.82) is 0 Å². The van der Waals surface area contributed by atoms with E-state index in [9.17, 15) is 18.4 Å². The zero-order valence-corrected chi connectivity index (χ0v) is 11.9. The minimum absolute atomic E-state index is 0.00987. The maximum absolute atomic E-state index is 12.1. The minimum atomic E-state index is -2.99. The van der Waals surface area contributed by atoms with Gasteiger partial charge in [-0.15, -0.1) is 0 Å². The summed E-state index contributed by atoms with van der Waals surface area (Å²) in [7, 11) is 0. The molecule has 0 aliphatic heterocycles. The maximum Gasteiger partial charge on any atom is 0.387 e. The lowest BCUT2D eigenvalue weighted by atomic mass is 10.2. The molecule has 0 atom stereocenters. The van der Waals surface area contributed by atoms with Gasteiger partial charge in [-0.05, 0) is 30.3 Å². The van der Waals surface area contributed by atoms with Crippen LogP contribution in [-0.2, 0) is 9.53 Å². The van der Waals surface area contributed by atoms with Crippen LogP contribution >= 0.6 is 0 Å². The number of benzene rings is 2. The minimum Gasteiger partial charge on any atom is -0.452 e. The molecular formula is C16H13F2NO4. The number of esters is 1. The molecule has 23 heavy (non-hydrogen) atoms. The first-order chi connectivity index (χ1) is 11.0. The highest BCUT2D eigenvalue weighted by atomic mass is 19.3. The molecule has 2 rings (SSSR count). The van der Waals surface area contributed by atoms with Crippen LogP contribution in [-0.4, -0.2) is 25.1 Å². The summed E-state index contributed by atoms with van der Waals surface area (Å²) < 4.78 is 33.3. The Kier molecular flexibility index (Phi) is 5.62. The largest absolute Gasteiger partial charge is 0.452 e. The molecule has 0 radical (unpaired) electrons. The molecule has 0 saturated heterocycles. The van der Waals surface area contributed by atoms with Crippen LogP contribution in [0.5, 0.6) is 5.75 Å². The summed E-state index contributed by atoms with van der Waals surface area (Å²) in [6, 6.07) is 13.8. The van der Waals surface area contributed by atoms with Crippen LogP contribution in [0.3, 0.4) is 0 Å². The van der Waals surface area contributed by atoms with Crippen LogP contribution < -0.4 is 10.1 Å². The molecule has 7 heteroatoms. The van der Waals surface area contributed by atoms with Crippen LogP contribution in [0.1, 0.15) is 10.4 Å². The van der Waals surface area contributed by atoms with Gasteiger partial charge in [0.15, 0.2) is 6.61 Å². The third-order valence-corrected chi connectivity index (χ3v) is 2.69. The van der Waals surface area contributed by atoms with Crippen molar-refractivity contribution in [1.82, 2.24) is 0 Å². The standard InChI is InChI=1S/C16H13F2NO4/c17-16(18)23-13-8-4-5-11(9-13)15(21)22-10-14(20)19-12-6-2-1-3-7-12/h1-9,16H,10H2,(H,19,20). The molecule has 0 unspecified atom stereocenters. The summed E-state index contributed by atoms with van der Waals surface area (Å²) in [6.45, 7) is -3.48. The average Bonchev–Trinajstić information content (AvgIpc) is 2.53. The van der Waals surface area contributed by atoms with E-state index >= 15 is 0 Å². The van der Waals surface area contributed by atoms with Crippen molar-refractivity contribution in [3.63, 3.8) is 0 Å². The Bertz CT molecular complexity index is 677. The molecule has 0 fully saturated rings. The summed E-state index contributed by atoms with van der Waals surface area (Å²) in [5.74, 6) is -1.49. The molecule has 0 bridgehead atoms. The second kappa shape index (κ2) is 7.88. The molecule has 5 nitrogen and oxygen atoms in total. The predicted octanol–water partition coefficient (Wildman–Crippen LogP) is 3.08. The number of carbonyl (C=O) groups excluding carboxylic acids is 2. The smallest absolute Gasteiger partial charge is 0.387 e. The maximum atomic E-state index is 12.1. The van der Waals surface area contributed by atoms with Crippen molar-refractivity contribution >= 4 is 17.6 Å². The number of carbonyl (C=O) groups is 2. The van der Waals surface area contributed by atoms with Gasteiger partial charge in [-0.3, -0.25) is 4.79 Å². The number of amides is 1. The van der Waals surface area contributed by atoms with Gasteiger partial charge in [-0.2, -0.15) is 8.78 Å². The summed E-state index contributed by atoms with van der Waals surface area (Å²) in [6.07, 6.45) is 0. The van der Waals surface area contributed by atoms with E-state index in [1.807, 2.05) is 0 Å². The fourth-order valence-electron chi connectivity index (χ4n) is 1.73. The van der Waals surface area contributed by atoms with E-state index in [1.54, 1.807) is 30.3 Å². The van der Waals surface area contributed by atoms with E-state index in [2.05, 4.69) is 10.1 Å². The van der Waals surface area contributed by atoms with E-state index in [4.69, 9.17) is 4.74 Å². The molecule has 2 aromatic carbocycles. The molecule has 0 saturated carbocycles. The van der Waals surface area contributed by atoms with Crippen molar-refractivity contribution < 1.29 is 27.8 Å². The van der Waals surface area contributed by atoms with Crippen molar-refractivity contribution in [2.24, 2.45) is 0 Å². The van der Waals surface area contributed by atoms with Crippen LogP contribution in [0.2, 0.25) is 0 Å². The molecule has 120 valence electrons. The molecule has 0 aliphatic carbocycles. The number of nitrogens with one attached hydrogen (secondary N) is 1. The lowest BCUT2D eigenvalue weighted by Crippen LogP contribution is -2.20. The summed E-state index contributed by atoms with van der Waals surface area (Å²) in [5.41, 5.74) is 0.580. The molecule has 1 N–H and O–H groups in total. The third kappa shape index (κ3) is 5.39. The van der Waals surface area contributed by atoms with Crippen LogP contribution in [0.25, 0.3) is 0 Å². The first kappa shape index (κ1) is 16.4. The summed E-state index contributed by atoms with van der Waals surface area (Å²) >= 11 is 0. The Morgan fingerprint density at radius 2 is 1.78 bits per heavy atom. The second-order valence-electron chi connectivity index (χ2n) is 4.40. The van der Waals surface area contributed by atoms with Gasteiger partial charge in [0.2, 0.25) is 0 Å². The Balaban J connectivity index is 1.88. The van der Waals surface area contributed by atoms with Crippen molar-refractivity contribution in [2.45, 2.75) is 6.61 Å². The van der Waals surface area contributed by atoms with E-state index in [1.165, 1.54) is 18.2 Å². The van der Waals surface area contributed by atoms with Gasteiger partial charge >= 0.3 is 12.6 Å². The van der Waals surface area contributed by atoms with Crippen LogP contribution in [0.15, 0.2) is 54.6 Å². The Morgan fingerprint density at radius 1 is 1.04 bits per heavy atom.